The van der Waals surface area contributed by atoms with E-state index in [1.165, 1.54) is 17.3 Å². The molecule has 3 N–H and O–H groups in total. The Morgan fingerprint density at radius 2 is 2.12 bits per heavy atom. The number of aryl methyl sites for hydroxylation is 1. The normalized spacial score (nSPS) is 28.0. The third kappa shape index (κ3) is 6.16. The molecule has 0 radical (unpaired) electrons. The van der Waals surface area contributed by atoms with Gasteiger partial charge in [0.25, 0.3) is 0 Å². The molecule has 3 unspecified atom stereocenters. The molecule has 8 heteroatoms. The summed E-state index contributed by atoms with van der Waals surface area (Å²) < 4.78 is 30.8. The summed E-state index contributed by atoms with van der Waals surface area (Å²) in [5, 5.41) is 21.7. The van der Waals surface area contributed by atoms with Gasteiger partial charge in [0.1, 0.15) is 0 Å². The summed E-state index contributed by atoms with van der Waals surface area (Å²) in [4.78, 5) is 4.96. The number of aliphatic hydroxyl groups is 2. The van der Waals surface area contributed by atoms with Crippen molar-refractivity contribution < 1.29 is 19.0 Å². The largest absolute Gasteiger partial charge is 0.512 e. The molecule has 0 saturated heterocycles. The first-order valence-corrected chi connectivity index (χ1v) is 13.0. The zero-order valence-electron chi connectivity index (χ0n) is 17.9. The first-order valence-electron chi connectivity index (χ1n) is 11.2. The molecule has 174 valence electrons. The number of unbranched alkanes of at least 4 members (excludes halogenated alkanes) is 1. The molecule has 3 aliphatic rings. The molecule has 1 heterocycles. The molecule has 1 fully saturated rings. The lowest BCUT2D eigenvalue weighted by atomic mass is 9.88. The molecule has 4 rings (SSSR count). The van der Waals surface area contributed by atoms with Crippen LogP contribution in [0.15, 0.2) is 58.1 Å². The third-order valence-electron chi connectivity index (χ3n) is 6.34. The van der Waals surface area contributed by atoms with Gasteiger partial charge in [-0.3, -0.25) is 4.99 Å². The molecule has 2 aliphatic carbocycles. The van der Waals surface area contributed by atoms with Gasteiger partial charge in [-0.15, -0.1) is 11.8 Å². The van der Waals surface area contributed by atoms with Crippen molar-refractivity contribution >= 4 is 28.8 Å². The van der Waals surface area contributed by atoms with Gasteiger partial charge in [-0.25, -0.2) is 0 Å². The number of allylic oxidation sites excluding steroid dienone is 3. The lowest BCUT2D eigenvalue weighted by Crippen LogP contribution is -2.33. The zero-order valence-corrected chi connectivity index (χ0v) is 19.6. The highest BCUT2D eigenvalue weighted by molar-refractivity contribution is 8.14. The van der Waals surface area contributed by atoms with Gasteiger partial charge >= 0.3 is 6.05 Å². The van der Waals surface area contributed by atoms with Crippen LogP contribution in [-0.4, -0.2) is 39.7 Å². The molecular formula is C24H30F2N2O2S2. The van der Waals surface area contributed by atoms with Gasteiger partial charge in [-0.1, -0.05) is 36.4 Å². The predicted octanol–water partition coefficient (Wildman–Crippen LogP) is 5.72. The number of hydrogen-bond donors (Lipinski definition) is 3. The summed E-state index contributed by atoms with van der Waals surface area (Å²) in [6.07, 6.45) is 6.62. The predicted molar refractivity (Wildman–Crippen MR) is 129 cm³/mol. The molecule has 0 aromatic heterocycles. The van der Waals surface area contributed by atoms with E-state index >= 15 is 0 Å². The van der Waals surface area contributed by atoms with Crippen LogP contribution in [0.2, 0.25) is 0 Å². The zero-order chi connectivity index (χ0) is 22.6. The highest BCUT2D eigenvalue weighted by Crippen LogP contribution is 2.51. The van der Waals surface area contributed by atoms with Crippen LogP contribution >= 0.6 is 23.7 Å². The van der Waals surface area contributed by atoms with Crippen molar-refractivity contribution in [2.45, 2.75) is 50.7 Å². The Labute approximate surface area is 196 Å². The van der Waals surface area contributed by atoms with E-state index in [1.54, 1.807) is 0 Å². The standard InChI is InChI=1S/C24H30F2N2O2S2/c25-24(26,15-22-27-10-11-31-22)28-32-18-12-17-13-21(30)23(19(17)14-18)20(29)9-5-4-8-16-6-2-1-3-7-16/h1-3,6-7,9,12,17,19,21,23,28-30H,4-5,8,10-11,13-15H2/t17?,19?,21-,23?/m1/s1. The summed E-state index contributed by atoms with van der Waals surface area (Å²) in [7, 11) is 0. The van der Waals surface area contributed by atoms with Crippen LogP contribution in [0.5, 0.6) is 0 Å². The number of aliphatic imine (C=N–C) groups is 1. The summed E-state index contributed by atoms with van der Waals surface area (Å²) in [5.41, 5.74) is 1.27. The van der Waals surface area contributed by atoms with Gasteiger partial charge in [0.2, 0.25) is 0 Å². The first kappa shape index (κ1) is 23.8. The molecule has 1 saturated carbocycles. The minimum atomic E-state index is -3.01. The van der Waals surface area contributed by atoms with Crippen LogP contribution in [0.3, 0.4) is 0 Å². The van der Waals surface area contributed by atoms with Gasteiger partial charge in [0, 0.05) is 18.2 Å². The number of nitrogens with one attached hydrogen (secondary N) is 1. The van der Waals surface area contributed by atoms with Gasteiger partial charge < -0.3 is 10.2 Å². The van der Waals surface area contributed by atoms with Crippen molar-refractivity contribution in [1.82, 2.24) is 4.72 Å². The Morgan fingerprint density at radius 1 is 1.31 bits per heavy atom. The summed E-state index contributed by atoms with van der Waals surface area (Å²) in [6, 6.07) is 7.21. The second kappa shape index (κ2) is 10.7. The second-order valence-corrected chi connectivity index (χ2v) is 10.8. The lowest BCUT2D eigenvalue weighted by Gasteiger charge is -2.22. The van der Waals surface area contributed by atoms with Crippen molar-refractivity contribution in [3.63, 3.8) is 0 Å². The van der Waals surface area contributed by atoms with Gasteiger partial charge in [0.05, 0.1) is 23.3 Å². The number of hydrogen-bond acceptors (Lipinski definition) is 6. The monoisotopic (exact) mass is 480 g/mol. The fraction of sp³-hybridized carbons (Fsp3) is 0.542. The highest BCUT2D eigenvalue weighted by atomic mass is 32.2. The molecule has 4 nitrogen and oxygen atoms in total. The maximum absolute atomic E-state index is 14.2. The average Bonchev–Trinajstić information content (AvgIpc) is 3.46. The second-order valence-electron chi connectivity index (χ2n) is 8.71. The minimum absolute atomic E-state index is 0.0584. The van der Waals surface area contributed by atoms with Crippen LogP contribution in [-0.2, 0) is 6.42 Å². The number of alkyl halides is 2. The average molecular weight is 481 g/mol. The van der Waals surface area contributed by atoms with Crippen molar-refractivity contribution in [2.24, 2.45) is 22.7 Å². The third-order valence-corrected chi connectivity index (χ3v) is 8.30. The van der Waals surface area contributed by atoms with E-state index in [1.807, 2.05) is 30.4 Å². The van der Waals surface area contributed by atoms with Crippen molar-refractivity contribution in [2.75, 3.05) is 12.3 Å². The van der Waals surface area contributed by atoms with Crippen LogP contribution in [0.4, 0.5) is 8.78 Å². The van der Waals surface area contributed by atoms with Gasteiger partial charge in [-0.05, 0) is 72.4 Å². The van der Waals surface area contributed by atoms with Crippen LogP contribution in [0.25, 0.3) is 0 Å². The van der Waals surface area contributed by atoms with Crippen LogP contribution < -0.4 is 4.72 Å². The smallest absolute Gasteiger partial charge is 0.317 e. The maximum Gasteiger partial charge on any atom is 0.317 e. The lowest BCUT2D eigenvalue weighted by molar-refractivity contribution is 0.000772. The van der Waals surface area contributed by atoms with Crippen molar-refractivity contribution in [3.8, 4) is 0 Å². The molecule has 1 aromatic carbocycles. The fourth-order valence-electron chi connectivity index (χ4n) is 4.84. The quantitative estimate of drug-likeness (QED) is 0.173. The number of nitrogens with zero attached hydrogens (tertiary/aromatic N) is 1. The highest BCUT2D eigenvalue weighted by Gasteiger charge is 2.47. The van der Waals surface area contributed by atoms with Crippen molar-refractivity contribution in [1.29, 1.82) is 0 Å². The van der Waals surface area contributed by atoms with Crippen molar-refractivity contribution in [3.05, 3.63) is 58.7 Å². The Morgan fingerprint density at radius 3 is 2.88 bits per heavy atom. The molecule has 0 spiro atoms. The molecule has 0 bridgehead atoms. The van der Waals surface area contributed by atoms with E-state index in [0.29, 0.717) is 24.4 Å². The Hall–Kier alpha value is -1.35. The minimum Gasteiger partial charge on any atom is -0.512 e. The number of halogens is 2. The topological polar surface area (TPSA) is 64.8 Å². The van der Waals surface area contributed by atoms with E-state index in [2.05, 4.69) is 21.8 Å². The molecular weight excluding hydrogens is 450 g/mol. The SMILES string of the molecule is OC(=CCCCc1ccccc1)C1C2CC(SNC(F)(F)CC3=NCCS3)=CC2C[C@H]1O. The number of aliphatic hydroxyl groups excluding tert-OH is 2. The summed E-state index contributed by atoms with van der Waals surface area (Å²) in [6.45, 7) is 0.616. The molecule has 1 aromatic rings. The number of benzene rings is 1. The van der Waals surface area contributed by atoms with E-state index < -0.39 is 12.2 Å². The molecule has 1 aliphatic heterocycles. The molecule has 32 heavy (non-hydrogen) atoms. The number of thioether (sulfide) groups is 1. The van der Waals surface area contributed by atoms with E-state index in [9.17, 15) is 19.0 Å². The number of fused-ring (bicyclic) bond motifs is 1. The van der Waals surface area contributed by atoms with E-state index in [-0.39, 0.29) is 29.9 Å². The molecule has 0 amide bonds. The molecule has 4 atom stereocenters. The fourth-order valence-corrected chi connectivity index (χ4v) is 6.60. The Kier molecular flexibility index (Phi) is 7.97. The first-order chi connectivity index (χ1) is 15.4. The van der Waals surface area contributed by atoms with E-state index in [0.717, 1.165) is 41.9 Å². The van der Waals surface area contributed by atoms with Gasteiger partial charge in [0.15, 0.2) is 0 Å². The summed E-state index contributed by atoms with van der Waals surface area (Å²) in [5.74, 6) is 0.869. The van der Waals surface area contributed by atoms with Gasteiger partial charge in [-0.2, -0.15) is 13.5 Å². The Balaban J connectivity index is 1.26. The summed E-state index contributed by atoms with van der Waals surface area (Å²) >= 11 is 2.37. The van der Waals surface area contributed by atoms with E-state index in [4.69, 9.17) is 0 Å². The van der Waals surface area contributed by atoms with Crippen LogP contribution in [0.1, 0.15) is 37.7 Å². The maximum atomic E-state index is 14.2. The Bertz CT molecular complexity index is 876. The van der Waals surface area contributed by atoms with Crippen LogP contribution in [0, 0.1) is 17.8 Å². The number of rotatable bonds is 10.